The van der Waals surface area contributed by atoms with Crippen LogP contribution >= 0.6 is 46.7 Å². The maximum Gasteiger partial charge on any atom is 0.0457 e. The zero-order chi connectivity index (χ0) is 15.9. The van der Waals surface area contributed by atoms with E-state index in [-0.39, 0.29) is 0 Å². The van der Waals surface area contributed by atoms with Gasteiger partial charge in [-0.25, -0.2) is 0 Å². The summed E-state index contributed by atoms with van der Waals surface area (Å²) in [7, 11) is 0. The fourth-order valence-corrected chi connectivity index (χ4v) is 5.37. The predicted octanol–water partition coefficient (Wildman–Crippen LogP) is 7.28. The van der Waals surface area contributed by atoms with Crippen LogP contribution in [0.15, 0.2) is 48.5 Å². The summed E-state index contributed by atoms with van der Waals surface area (Å²) in [6, 6.07) is 16.4. The van der Waals surface area contributed by atoms with Crippen LogP contribution in [-0.2, 0) is 0 Å². The van der Waals surface area contributed by atoms with Crippen LogP contribution < -0.4 is 0 Å². The van der Waals surface area contributed by atoms with Gasteiger partial charge in [-0.05, 0) is 46.9 Å². The number of thioether (sulfide) groups is 2. The Bertz CT molecular complexity index is 548. The average Bonchev–Trinajstić information content (AvgIpc) is 2.51. The van der Waals surface area contributed by atoms with Crippen LogP contribution in [0.25, 0.3) is 0 Å². The molecule has 0 radical (unpaired) electrons. The third kappa shape index (κ3) is 4.86. The van der Waals surface area contributed by atoms with Crippen LogP contribution in [0.3, 0.4) is 0 Å². The van der Waals surface area contributed by atoms with E-state index >= 15 is 0 Å². The minimum atomic E-state index is 0.368. The number of rotatable bonds is 7. The van der Waals surface area contributed by atoms with Gasteiger partial charge in [0.2, 0.25) is 0 Å². The van der Waals surface area contributed by atoms with Crippen molar-refractivity contribution in [3.63, 3.8) is 0 Å². The Kier molecular flexibility index (Phi) is 7.49. The van der Waals surface area contributed by atoms with Crippen LogP contribution in [-0.4, -0.2) is 11.5 Å². The second kappa shape index (κ2) is 9.12. The molecule has 0 unspecified atom stereocenters. The van der Waals surface area contributed by atoms with Gasteiger partial charge in [-0.2, -0.15) is 23.5 Å². The van der Waals surface area contributed by atoms with Gasteiger partial charge in [-0.15, -0.1) is 0 Å². The molecule has 0 heterocycles. The molecule has 2 rings (SSSR count). The van der Waals surface area contributed by atoms with Crippen LogP contribution in [0.1, 0.15) is 35.5 Å². The lowest BCUT2D eigenvalue weighted by Gasteiger charge is -2.27. The highest BCUT2D eigenvalue weighted by Crippen LogP contribution is 2.48. The molecule has 0 saturated carbocycles. The van der Waals surface area contributed by atoms with Crippen molar-refractivity contribution in [3.8, 4) is 0 Å². The van der Waals surface area contributed by atoms with Crippen LogP contribution in [0.2, 0.25) is 10.0 Å². The van der Waals surface area contributed by atoms with Gasteiger partial charge < -0.3 is 0 Å². The molecule has 0 aromatic heterocycles. The molecule has 118 valence electrons. The molecule has 0 aliphatic carbocycles. The van der Waals surface area contributed by atoms with E-state index in [9.17, 15) is 0 Å². The van der Waals surface area contributed by atoms with Gasteiger partial charge in [0.15, 0.2) is 0 Å². The molecule has 0 N–H and O–H groups in total. The molecular formula is C18H20Cl2S2. The Hall–Kier alpha value is -0.280. The predicted molar refractivity (Wildman–Crippen MR) is 105 cm³/mol. The Morgan fingerprint density at radius 1 is 0.773 bits per heavy atom. The molecule has 0 amide bonds. The molecule has 2 aromatic rings. The summed E-state index contributed by atoms with van der Waals surface area (Å²) < 4.78 is 0. The van der Waals surface area contributed by atoms with Crippen LogP contribution in [0.4, 0.5) is 0 Å². The lowest BCUT2D eigenvalue weighted by Crippen LogP contribution is -2.07. The highest BCUT2D eigenvalue weighted by molar-refractivity contribution is 8.03. The van der Waals surface area contributed by atoms with Crippen molar-refractivity contribution in [3.05, 3.63) is 69.7 Å². The number of hydrogen-bond donors (Lipinski definition) is 0. The molecule has 0 fully saturated rings. The molecule has 0 spiro atoms. The zero-order valence-corrected chi connectivity index (χ0v) is 15.9. The van der Waals surface area contributed by atoms with Crippen molar-refractivity contribution in [1.82, 2.24) is 0 Å². The molecule has 0 nitrogen and oxygen atoms in total. The SMILES string of the molecule is CCS[C@@H](c1cccc(Cl)c1)[C@@H](SCC)c1cccc(Cl)c1. The lowest BCUT2D eigenvalue weighted by molar-refractivity contribution is 0.905. The molecular weight excluding hydrogens is 351 g/mol. The van der Waals surface area contributed by atoms with Crippen molar-refractivity contribution in [2.24, 2.45) is 0 Å². The van der Waals surface area contributed by atoms with E-state index in [4.69, 9.17) is 23.2 Å². The molecule has 0 aliphatic heterocycles. The first-order valence-corrected chi connectivity index (χ1v) is 10.2. The minimum Gasteiger partial charge on any atom is -0.153 e. The van der Waals surface area contributed by atoms with E-state index in [1.165, 1.54) is 11.1 Å². The van der Waals surface area contributed by atoms with Crippen molar-refractivity contribution in [2.75, 3.05) is 11.5 Å². The van der Waals surface area contributed by atoms with Gasteiger partial charge >= 0.3 is 0 Å². The van der Waals surface area contributed by atoms with E-state index in [2.05, 4.69) is 38.1 Å². The third-order valence-corrected chi connectivity index (χ3v) is 6.44. The van der Waals surface area contributed by atoms with E-state index in [1.54, 1.807) is 0 Å². The van der Waals surface area contributed by atoms with Gasteiger partial charge in [-0.3, -0.25) is 0 Å². The summed E-state index contributed by atoms with van der Waals surface area (Å²) >= 11 is 16.3. The fourth-order valence-electron chi connectivity index (χ4n) is 2.44. The highest BCUT2D eigenvalue weighted by Gasteiger charge is 2.25. The summed E-state index contributed by atoms with van der Waals surface area (Å²) in [5.41, 5.74) is 2.57. The van der Waals surface area contributed by atoms with Crippen LogP contribution in [0.5, 0.6) is 0 Å². The Labute approximate surface area is 152 Å². The normalized spacial score (nSPS) is 13.8. The quantitative estimate of drug-likeness (QED) is 0.501. The van der Waals surface area contributed by atoms with Crippen molar-refractivity contribution in [2.45, 2.75) is 24.3 Å². The zero-order valence-electron chi connectivity index (χ0n) is 12.8. The highest BCUT2D eigenvalue weighted by atomic mass is 35.5. The minimum absolute atomic E-state index is 0.368. The van der Waals surface area contributed by atoms with E-state index in [0.29, 0.717) is 10.5 Å². The molecule has 22 heavy (non-hydrogen) atoms. The lowest BCUT2D eigenvalue weighted by atomic mass is 10.0. The summed E-state index contributed by atoms with van der Waals surface area (Å²) in [6.07, 6.45) is 0. The monoisotopic (exact) mass is 370 g/mol. The first-order chi connectivity index (χ1) is 10.7. The first kappa shape index (κ1) is 18.1. The second-order valence-corrected chi connectivity index (χ2v) is 8.57. The smallest absolute Gasteiger partial charge is 0.0457 e. The molecule has 2 aromatic carbocycles. The van der Waals surface area contributed by atoms with Crippen LogP contribution in [0, 0.1) is 0 Å². The largest absolute Gasteiger partial charge is 0.153 e. The Balaban J connectivity index is 2.41. The first-order valence-electron chi connectivity index (χ1n) is 7.39. The number of benzene rings is 2. The number of hydrogen-bond acceptors (Lipinski definition) is 2. The van der Waals surface area contributed by atoms with E-state index < -0.39 is 0 Å². The molecule has 2 atom stereocenters. The number of halogens is 2. The molecule has 0 saturated heterocycles. The van der Waals surface area contributed by atoms with E-state index in [0.717, 1.165) is 21.6 Å². The molecule has 4 heteroatoms. The molecule has 0 bridgehead atoms. The van der Waals surface area contributed by atoms with Gasteiger partial charge in [0.25, 0.3) is 0 Å². The summed E-state index contributed by atoms with van der Waals surface area (Å²) in [5.74, 6) is 2.14. The second-order valence-electron chi connectivity index (χ2n) is 4.86. The molecule has 0 aliphatic rings. The standard InChI is InChI=1S/C18H20Cl2S2/c1-3-21-17(13-7-5-9-15(19)11-13)18(22-4-2)14-8-6-10-16(20)12-14/h5-12,17-18H,3-4H2,1-2H3/t17-,18-/m0/s1. The van der Waals surface area contributed by atoms with Gasteiger partial charge in [0, 0.05) is 20.5 Å². The topological polar surface area (TPSA) is 0 Å². The summed E-state index contributed by atoms with van der Waals surface area (Å²) in [5, 5.41) is 2.33. The Morgan fingerprint density at radius 3 is 1.50 bits per heavy atom. The van der Waals surface area contributed by atoms with E-state index in [1.807, 2.05) is 47.8 Å². The fraction of sp³-hybridized carbons (Fsp3) is 0.333. The van der Waals surface area contributed by atoms with Crippen molar-refractivity contribution >= 4 is 46.7 Å². The Morgan fingerprint density at radius 2 is 1.18 bits per heavy atom. The summed E-state index contributed by atoms with van der Waals surface area (Å²) in [6.45, 7) is 4.40. The maximum absolute atomic E-state index is 6.20. The summed E-state index contributed by atoms with van der Waals surface area (Å²) in [4.78, 5) is 0. The maximum atomic E-state index is 6.20. The van der Waals surface area contributed by atoms with Crippen molar-refractivity contribution in [1.29, 1.82) is 0 Å². The van der Waals surface area contributed by atoms with Gasteiger partial charge in [0.1, 0.15) is 0 Å². The average molecular weight is 371 g/mol. The third-order valence-electron chi connectivity index (χ3n) is 3.32. The van der Waals surface area contributed by atoms with Crippen molar-refractivity contribution < 1.29 is 0 Å². The van der Waals surface area contributed by atoms with Gasteiger partial charge in [0.05, 0.1) is 0 Å². The van der Waals surface area contributed by atoms with Gasteiger partial charge in [-0.1, -0.05) is 61.3 Å².